The van der Waals surface area contributed by atoms with E-state index in [1.165, 1.54) is 0 Å². The lowest BCUT2D eigenvalue weighted by Gasteiger charge is -1.98. The molecule has 0 aromatic carbocycles. The van der Waals surface area contributed by atoms with E-state index in [-0.39, 0.29) is 7.43 Å². The molecule has 0 fully saturated rings. The van der Waals surface area contributed by atoms with E-state index in [1.54, 1.807) is 0 Å². The normalized spacial score (nSPS) is 9.00. The highest BCUT2D eigenvalue weighted by Gasteiger charge is 1.89. The molecule has 8 heavy (non-hydrogen) atoms. The van der Waals surface area contributed by atoms with E-state index in [9.17, 15) is 0 Å². The molecule has 0 bridgehead atoms. The summed E-state index contributed by atoms with van der Waals surface area (Å²) in [7, 11) is 0. The van der Waals surface area contributed by atoms with E-state index < -0.39 is 0 Å². The van der Waals surface area contributed by atoms with E-state index in [4.69, 9.17) is 5.11 Å². The number of rotatable bonds is 3. The van der Waals surface area contributed by atoms with Crippen molar-refractivity contribution >= 4 is 0 Å². The third kappa shape index (κ3) is 9.35. The Hall–Kier alpha value is -0.0400. The van der Waals surface area contributed by atoms with Crippen molar-refractivity contribution in [2.24, 2.45) is 5.92 Å². The number of hydrogen-bond donors (Lipinski definition) is 1. The Morgan fingerprint density at radius 1 is 1.38 bits per heavy atom. The Bertz CT molecular complexity index is 33.4. The SMILES string of the molecule is C.CC(C)CCCO. The molecule has 52 valence electrons. The van der Waals surface area contributed by atoms with Crippen LogP contribution in [0.5, 0.6) is 0 Å². The van der Waals surface area contributed by atoms with Gasteiger partial charge in [0.05, 0.1) is 0 Å². The zero-order chi connectivity index (χ0) is 5.70. The van der Waals surface area contributed by atoms with Crippen LogP contribution in [0.1, 0.15) is 34.1 Å². The molecule has 0 saturated heterocycles. The van der Waals surface area contributed by atoms with Crippen molar-refractivity contribution in [2.45, 2.75) is 34.1 Å². The van der Waals surface area contributed by atoms with Gasteiger partial charge < -0.3 is 5.11 Å². The van der Waals surface area contributed by atoms with Gasteiger partial charge in [0, 0.05) is 6.61 Å². The summed E-state index contributed by atoms with van der Waals surface area (Å²) >= 11 is 0. The van der Waals surface area contributed by atoms with Crippen LogP contribution in [-0.4, -0.2) is 11.7 Å². The average molecular weight is 118 g/mol. The van der Waals surface area contributed by atoms with Gasteiger partial charge in [-0.25, -0.2) is 0 Å². The maximum absolute atomic E-state index is 8.32. The summed E-state index contributed by atoms with van der Waals surface area (Å²) in [6.07, 6.45) is 2.11. The van der Waals surface area contributed by atoms with Gasteiger partial charge in [0.25, 0.3) is 0 Å². The van der Waals surface area contributed by atoms with Crippen LogP contribution in [0, 0.1) is 5.92 Å². The summed E-state index contributed by atoms with van der Waals surface area (Å²) in [5.41, 5.74) is 0. The van der Waals surface area contributed by atoms with E-state index in [0.29, 0.717) is 6.61 Å². The molecule has 0 rings (SSSR count). The van der Waals surface area contributed by atoms with E-state index in [2.05, 4.69) is 13.8 Å². The molecule has 0 heterocycles. The number of aliphatic hydroxyl groups is 1. The van der Waals surface area contributed by atoms with E-state index >= 15 is 0 Å². The molecule has 1 heteroatoms. The Labute approximate surface area is 52.7 Å². The van der Waals surface area contributed by atoms with Crippen LogP contribution >= 0.6 is 0 Å². The van der Waals surface area contributed by atoms with Crippen molar-refractivity contribution < 1.29 is 5.11 Å². The molecular formula is C7H18O. The lowest BCUT2D eigenvalue weighted by atomic mass is 10.1. The van der Waals surface area contributed by atoms with Crippen molar-refractivity contribution in [1.29, 1.82) is 0 Å². The molecule has 1 N–H and O–H groups in total. The molecule has 0 unspecified atom stereocenters. The van der Waals surface area contributed by atoms with Crippen molar-refractivity contribution in [2.75, 3.05) is 6.61 Å². The zero-order valence-corrected chi connectivity index (χ0v) is 5.15. The first-order chi connectivity index (χ1) is 3.27. The van der Waals surface area contributed by atoms with Gasteiger partial charge in [-0.1, -0.05) is 21.3 Å². The molecule has 0 aliphatic heterocycles. The van der Waals surface area contributed by atoms with Crippen LogP contribution in [0.25, 0.3) is 0 Å². The van der Waals surface area contributed by atoms with Gasteiger partial charge in [-0.2, -0.15) is 0 Å². The third-order valence-corrected chi connectivity index (χ3v) is 0.940. The summed E-state index contributed by atoms with van der Waals surface area (Å²) in [5, 5.41) is 8.32. The van der Waals surface area contributed by atoms with Crippen molar-refractivity contribution in [3.05, 3.63) is 0 Å². The van der Waals surface area contributed by atoms with Crippen LogP contribution in [0.3, 0.4) is 0 Å². The molecule has 0 radical (unpaired) electrons. The van der Waals surface area contributed by atoms with E-state index in [1.807, 2.05) is 0 Å². The number of aliphatic hydroxyl groups excluding tert-OH is 1. The Morgan fingerprint density at radius 3 is 2.00 bits per heavy atom. The quantitative estimate of drug-likeness (QED) is 0.601. The molecular weight excluding hydrogens is 100 g/mol. The van der Waals surface area contributed by atoms with Crippen LogP contribution in [0.15, 0.2) is 0 Å². The molecule has 1 nitrogen and oxygen atoms in total. The first kappa shape index (κ1) is 10.9. The lowest BCUT2D eigenvalue weighted by molar-refractivity contribution is 0.276. The molecule has 0 aliphatic rings. The van der Waals surface area contributed by atoms with Gasteiger partial charge in [-0.3, -0.25) is 0 Å². The van der Waals surface area contributed by atoms with Crippen molar-refractivity contribution in [3.63, 3.8) is 0 Å². The summed E-state index contributed by atoms with van der Waals surface area (Å²) in [6.45, 7) is 4.67. The summed E-state index contributed by atoms with van der Waals surface area (Å²) in [5.74, 6) is 0.743. The second kappa shape index (κ2) is 6.96. The second-order valence-corrected chi connectivity index (χ2v) is 2.26. The monoisotopic (exact) mass is 118 g/mol. The molecule has 0 aromatic heterocycles. The van der Waals surface area contributed by atoms with Gasteiger partial charge >= 0.3 is 0 Å². The minimum Gasteiger partial charge on any atom is -0.396 e. The van der Waals surface area contributed by atoms with Crippen LogP contribution < -0.4 is 0 Å². The van der Waals surface area contributed by atoms with Gasteiger partial charge in [0.15, 0.2) is 0 Å². The standard InChI is InChI=1S/C6H14O.CH4/c1-6(2)4-3-5-7;/h6-7H,3-5H2,1-2H3;1H4. The molecule has 0 atom stereocenters. The van der Waals surface area contributed by atoms with Gasteiger partial charge in [0.2, 0.25) is 0 Å². The Kier molecular flexibility index (Phi) is 9.44. The second-order valence-electron chi connectivity index (χ2n) is 2.26. The van der Waals surface area contributed by atoms with Gasteiger partial charge in [-0.05, 0) is 18.8 Å². The topological polar surface area (TPSA) is 20.2 Å². The van der Waals surface area contributed by atoms with Crippen LogP contribution in [0.2, 0.25) is 0 Å². The zero-order valence-electron chi connectivity index (χ0n) is 5.15. The van der Waals surface area contributed by atoms with Gasteiger partial charge in [0.1, 0.15) is 0 Å². The fourth-order valence-corrected chi connectivity index (χ4v) is 0.500. The van der Waals surface area contributed by atoms with Gasteiger partial charge in [-0.15, -0.1) is 0 Å². The fraction of sp³-hybridized carbons (Fsp3) is 1.00. The maximum atomic E-state index is 8.32. The van der Waals surface area contributed by atoms with Crippen LogP contribution in [-0.2, 0) is 0 Å². The molecule has 0 spiro atoms. The highest BCUT2D eigenvalue weighted by atomic mass is 16.2. The van der Waals surface area contributed by atoms with Crippen molar-refractivity contribution in [1.82, 2.24) is 0 Å². The first-order valence-electron chi connectivity index (χ1n) is 2.88. The summed E-state index contributed by atoms with van der Waals surface area (Å²) < 4.78 is 0. The predicted octanol–water partition coefficient (Wildman–Crippen LogP) is 2.05. The number of hydrogen-bond acceptors (Lipinski definition) is 1. The minimum absolute atomic E-state index is 0. The molecule has 0 aromatic rings. The van der Waals surface area contributed by atoms with Crippen molar-refractivity contribution in [3.8, 4) is 0 Å². The molecule has 0 saturated carbocycles. The Balaban J connectivity index is 0. The lowest BCUT2D eigenvalue weighted by Crippen LogP contribution is -1.89. The average Bonchev–Trinajstić information content (AvgIpc) is 1.61. The maximum Gasteiger partial charge on any atom is 0.0431 e. The van der Waals surface area contributed by atoms with E-state index in [0.717, 1.165) is 18.8 Å². The highest BCUT2D eigenvalue weighted by Crippen LogP contribution is 2.00. The summed E-state index contributed by atoms with van der Waals surface area (Å²) in [4.78, 5) is 0. The third-order valence-electron chi connectivity index (χ3n) is 0.940. The smallest absolute Gasteiger partial charge is 0.0431 e. The minimum atomic E-state index is 0. The highest BCUT2D eigenvalue weighted by molar-refractivity contribution is 4.42. The molecule has 0 aliphatic carbocycles. The molecule has 0 amide bonds. The summed E-state index contributed by atoms with van der Waals surface area (Å²) in [6, 6.07) is 0. The fourth-order valence-electron chi connectivity index (χ4n) is 0.500. The Morgan fingerprint density at radius 2 is 1.88 bits per heavy atom. The predicted molar refractivity (Wildman–Crippen MR) is 37.9 cm³/mol. The largest absolute Gasteiger partial charge is 0.396 e. The first-order valence-corrected chi connectivity index (χ1v) is 2.88. The van der Waals surface area contributed by atoms with Crippen LogP contribution in [0.4, 0.5) is 0 Å².